The highest BCUT2D eigenvalue weighted by molar-refractivity contribution is 7.18. The standard InChI is InChI=1S/C16H21N3OS/c20-15(18-12-5-4-10-17-11-12)8-3-9-16-19-13-6-1-2-7-14(13)21-16/h1-2,6-7,12,17H,3-5,8-11H2,(H,18,20). The van der Waals surface area contributed by atoms with E-state index in [1.165, 1.54) is 4.70 Å². The lowest BCUT2D eigenvalue weighted by Crippen LogP contribution is -2.45. The van der Waals surface area contributed by atoms with E-state index < -0.39 is 0 Å². The molecule has 1 aliphatic heterocycles. The summed E-state index contributed by atoms with van der Waals surface area (Å²) < 4.78 is 1.23. The van der Waals surface area contributed by atoms with E-state index in [9.17, 15) is 4.79 Å². The molecule has 5 heteroatoms. The van der Waals surface area contributed by atoms with E-state index >= 15 is 0 Å². The van der Waals surface area contributed by atoms with Crippen molar-refractivity contribution in [2.45, 2.75) is 38.1 Å². The monoisotopic (exact) mass is 303 g/mol. The molecule has 0 aliphatic carbocycles. The van der Waals surface area contributed by atoms with Gasteiger partial charge in [-0.1, -0.05) is 12.1 Å². The van der Waals surface area contributed by atoms with Crippen molar-refractivity contribution in [1.29, 1.82) is 0 Å². The molecular formula is C16H21N3OS. The van der Waals surface area contributed by atoms with Gasteiger partial charge in [-0.05, 0) is 44.4 Å². The fraction of sp³-hybridized carbons (Fsp3) is 0.500. The molecule has 2 heterocycles. The van der Waals surface area contributed by atoms with E-state index in [4.69, 9.17) is 0 Å². The van der Waals surface area contributed by atoms with E-state index in [1.807, 2.05) is 18.2 Å². The number of nitrogens with one attached hydrogen (secondary N) is 2. The first kappa shape index (κ1) is 14.5. The van der Waals surface area contributed by atoms with Crippen LogP contribution in [-0.4, -0.2) is 30.0 Å². The van der Waals surface area contributed by atoms with Crippen LogP contribution in [0.3, 0.4) is 0 Å². The highest BCUT2D eigenvalue weighted by Gasteiger charge is 2.15. The van der Waals surface area contributed by atoms with Gasteiger partial charge in [0.15, 0.2) is 0 Å². The van der Waals surface area contributed by atoms with Crippen molar-refractivity contribution in [3.8, 4) is 0 Å². The number of hydrogen-bond donors (Lipinski definition) is 2. The predicted molar refractivity (Wildman–Crippen MR) is 86.6 cm³/mol. The minimum Gasteiger partial charge on any atom is -0.352 e. The average molecular weight is 303 g/mol. The lowest BCUT2D eigenvalue weighted by molar-refractivity contribution is -0.122. The summed E-state index contributed by atoms with van der Waals surface area (Å²) in [5, 5.41) is 7.56. The molecular weight excluding hydrogens is 282 g/mol. The second kappa shape index (κ2) is 7.00. The van der Waals surface area contributed by atoms with E-state index in [2.05, 4.69) is 21.7 Å². The Morgan fingerprint density at radius 1 is 1.43 bits per heavy atom. The normalized spacial score (nSPS) is 18.8. The number of aromatic nitrogens is 1. The summed E-state index contributed by atoms with van der Waals surface area (Å²) in [6.07, 6.45) is 4.58. The van der Waals surface area contributed by atoms with Crippen LogP contribution in [0.2, 0.25) is 0 Å². The molecule has 1 amide bonds. The molecule has 112 valence electrons. The summed E-state index contributed by atoms with van der Waals surface area (Å²) in [6.45, 7) is 1.98. The minimum atomic E-state index is 0.171. The molecule has 1 fully saturated rings. The number of rotatable bonds is 5. The summed E-state index contributed by atoms with van der Waals surface area (Å²) in [4.78, 5) is 16.5. The van der Waals surface area contributed by atoms with Gasteiger partial charge in [-0.25, -0.2) is 4.98 Å². The van der Waals surface area contributed by atoms with Crippen LogP contribution in [0.4, 0.5) is 0 Å². The van der Waals surface area contributed by atoms with E-state index in [1.54, 1.807) is 11.3 Å². The summed E-state index contributed by atoms with van der Waals surface area (Å²) in [6, 6.07) is 8.50. The number of hydrogen-bond acceptors (Lipinski definition) is 4. The van der Waals surface area contributed by atoms with Crippen molar-refractivity contribution < 1.29 is 4.79 Å². The number of aryl methyl sites for hydroxylation is 1. The Kier molecular flexibility index (Phi) is 4.83. The van der Waals surface area contributed by atoms with Gasteiger partial charge in [0, 0.05) is 19.0 Å². The summed E-state index contributed by atoms with van der Waals surface area (Å²) in [5.74, 6) is 0.171. The second-order valence-electron chi connectivity index (χ2n) is 5.54. The largest absolute Gasteiger partial charge is 0.352 e. The van der Waals surface area contributed by atoms with Crippen molar-refractivity contribution >= 4 is 27.5 Å². The third-order valence-electron chi connectivity index (χ3n) is 3.79. The fourth-order valence-corrected chi connectivity index (χ4v) is 3.71. The first-order valence-corrected chi connectivity index (χ1v) is 8.47. The molecule has 2 N–H and O–H groups in total. The van der Waals surface area contributed by atoms with Crippen molar-refractivity contribution in [3.63, 3.8) is 0 Å². The molecule has 0 radical (unpaired) electrons. The molecule has 1 aromatic heterocycles. The molecule has 0 spiro atoms. The number of carbonyl (C=O) groups is 1. The number of carbonyl (C=O) groups excluding carboxylic acids is 1. The maximum absolute atomic E-state index is 11.9. The summed E-state index contributed by atoms with van der Waals surface area (Å²) in [7, 11) is 0. The van der Waals surface area contributed by atoms with Gasteiger partial charge >= 0.3 is 0 Å². The van der Waals surface area contributed by atoms with Gasteiger partial charge in [0.2, 0.25) is 5.91 Å². The zero-order valence-electron chi connectivity index (χ0n) is 12.1. The van der Waals surface area contributed by atoms with Crippen LogP contribution in [-0.2, 0) is 11.2 Å². The molecule has 1 saturated heterocycles. The lowest BCUT2D eigenvalue weighted by atomic mass is 10.1. The maximum atomic E-state index is 11.9. The van der Waals surface area contributed by atoms with Crippen LogP contribution >= 0.6 is 11.3 Å². The SMILES string of the molecule is O=C(CCCc1nc2ccccc2s1)NC1CCCNC1. The Morgan fingerprint density at radius 2 is 2.33 bits per heavy atom. The third kappa shape index (κ3) is 4.02. The van der Waals surface area contributed by atoms with Crippen molar-refractivity contribution in [1.82, 2.24) is 15.6 Å². The van der Waals surface area contributed by atoms with Crippen molar-refractivity contribution in [2.24, 2.45) is 0 Å². The number of amides is 1. The molecule has 0 saturated carbocycles. The van der Waals surface area contributed by atoms with Crippen LogP contribution in [0.15, 0.2) is 24.3 Å². The van der Waals surface area contributed by atoms with Crippen LogP contribution in [0, 0.1) is 0 Å². The summed E-state index contributed by atoms with van der Waals surface area (Å²) in [5.41, 5.74) is 1.07. The van der Waals surface area contributed by atoms with Gasteiger partial charge in [0.1, 0.15) is 0 Å². The van der Waals surface area contributed by atoms with Gasteiger partial charge in [0.05, 0.1) is 15.2 Å². The van der Waals surface area contributed by atoms with Crippen molar-refractivity contribution in [3.05, 3.63) is 29.3 Å². The molecule has 2 aromatic rings. The number of benzene rings is 1. The van der Waals surface area contributed by atoms with Crippen LogP contribution in [0.1, 0.15) is 30.7 Å². The Morgan fingerprint density at radius 3 is 3.14 bits per heavy atom. The predicted octanol–water partition coefficient (Wildman–Crippen LogP) is 2.49. The van der Waals surface area contributed by atoms with Gasteiger partial charge in [-0.3, -0.25) is 4.79 Å². The highest BCUT2D eigenvalue weighted by atomic mass is 32.1. The molecule has 4 nitrogen and oxygen atoms in total. The molecule has 21 heavy (non-hydrogen) atoms. The Balaban J connectivity index is 1.43. The Bertz CT molecular complexity index is 571. The number of thiazole rings is 1. The van der Waals surface area contributed by atoms with Crippen LogP contribution in [0.5, 0.6) is 0 Å². The smallest absolute Gasteiger partial charge is 0.220 e. The van der Waals surface area contributed by atoms with E-state index in [0.29, 0.717) is 12.5 Å². The van der Waals surface area contributed by atoms with Gasteiger partial charge in [-0.15, -0.1) is 11.3 Å². The first-order valence-electron chi connectivity index (χ1n) is 7.66. The number of para-hydroxylation sites is 1. The van der Waals surface area contributed by atoms with Crippen molar-refractivity contribution in [2.75, 3.05) is 13.1 Å². The van der Waals surface area contributed by atoms with Crippen LogP contribution in [0.25, 0.3) is 10.2 Å². The lowest BCUT2D eigenvalue weighted by Gasteiger charge is -2.23. The maximum Gasteiger partial charge on any atom is 0.220 e. The molecule has 3 rings (SSSR count). The molecule has 0 bridgehead atoms. The minimum absolute atomic E-state index is 0.171. The summed E-state index contributed by atoms with van der Waals surface area (Å²) >= 11 is 1.73. The van der Waals surface area contributed by atoms with Gasteiger partial charge < -0.3 is 10.6 Å². The van der Waals surface area contributed by atoms with Gasteiger partial charge in [0.25, 0.3) is 0 Å². The second-order valence-corrected chi connectivity index (χ2v) is 6.65. The van der Waals surface area contributed by atoms with Crippen LogP contribution < -0.4 is 10.6 Å². The fourth-order valence-electron chi connectivity index (χ4n) is 2.70. The zero-order chi connectivity index (χ0) is 14.5. The number of fused-ring (bicyclic) bond motifs is 1. The molecule has 1 unspecified atom stereocenters. The third-order valence-corrected chi connectivity index (χ3v) is 4.89. The quantitative estimate of drug-likeness (QED) is 0.892. The average Bonchev–Trinajstić information content (AvgIpc) is 2.91. The van der Waals surface area contributed by atoms with E-state index in [-0.39, 0.29) is 5.91 Å². The molecule has 1 aliphatic rings. The topological polar surface area (TPSA) is 54.0 Å². The Hall–Kier alpha value is -1.46. The first-order chi connectivity index (χ1) is 10.3. The zero-order valence-corrected chi connectivity index (χ0v) is 12.9. The highest BCUT2D eigenvalue weighted by Crippen LogP contribution is 2.22. The number of piperidine rings is 1. The van der Waals surface area contributed by atoms with Gasteiger partial charge in [-0.2, -0.15) is 0 Å². The van der Waals surface area contributed by atoms with E-state index in [0.717, 1.165) is 49.3 Å². The number of nitrogens with zero attached hydrogens (tertiary/aromatic N) is 1. The Labute approximate surface area is 129 Å². The molecule has 1 atom stereocenters. The molecule has 1 aromatic carbocycles.